The molecular weight excluding hydrogens is 608 g/mol. The highest BCUT2D eigenvalue weighted by Gasteiger charge is 2.18. The van der Waals surface area contributed by atoms with Crippen molar-refractivity contribution in [3.8, 4) is 22.3 Å². The number of nitrogens with zero attached hydrogens (tertiary/aromatic N) is 2. The standard InChI is InChI=1S/C16H15BrFNO2.C16H17FN2O2/c1-9(2)12-6-11(16(20)21-3)7-13(15(12)17)10-4-5-19-14(18)8-10;1-9(2)12-6-11(16(20)21-3)7-13(15(12)18)10-4-5-19-14(17)8-10/h4-9H,1-3H3;4-9H,18H2,1-3H3. The molecule has 0 saturated heterocycles. The third-order valence-electron chi connectivity index (χ3n) is 6.47. The Kier molecular flexibility index (Phi) is 10.9. The fraction of sp³-hybridized carbons (Fsp3) is 0.250. The van der Waals surface area contributed by atoms with Crippen LogP contribution in [-0.2, 0) is 9.47 Å². The normalized spacial score (nSPS) is 10.7. The number of anilines is 1. The Hall–Kier alpha value is -4.18. The van der Waals surface area contributed by atoms with Crippen LogP contribution in [0.4, 0.5) is 14.5 Å². The van der Waals surface area contributed by atoms with Crippen LogP contribution in [0.15, 0.2) is 65.4 Å². The van der Waals surface area contributed by atoms with Gasteiger partial charge in [0.15, 0.2) is 0 Å². The maximum atomic E-state index is 13.4. The van der Waals surface area contributed by atoms with Crippen LogP contribution in [0, 0.1) is 11.9 Å². The smallest absolute Gasteiger partial charge is 0.337 e. The number of halogens is 3. The molecule has 0 unspecified atom stereocenters. The molecule has 0 saturated carbocycles. The minimum absolute atomic E-state index is 0.125. The third kappa shape index (κ3) is 7.55. The molecule has 2 heterocycles. The minimum atomic E-state index is -0.596. The summed E-state index contributed by atoms with van der Waals surface area (Å²) in [6, 6.07) is 12.8. The highest BCUT2D eigenvalue weighted by molar-refractivity contribution is 9.10. The Morgan fingerprint density at radius 1 is 0.738 bits per heavy atom. The van der Waals surface area contributed by atoms with Crippen LogP contribution in [0.3, 0.4) is 0 Å². The molecular formula is C32H32BrF2N3O4. The van der Waals surface area contributed by atoms with Gasteiger partial charge in [-0.3, -0.25) is 0 Å². The number of aromatic nitrogens is 2. The first-order chi connectivity index (χ1) is 19.9. The number of carbonyl (C=O) groups excluding carboxylic acids is 2. The summed E-state index contributed by atoms with van der Waals surface area (Å²) >= 11 is 3.55. The van der Waals surface area contributed by atoms with E-state index in [0.29, 0.717) is 33.5 Å². The van der Waals surface area contributed by atoms with Gasteiger partial charge < -0.3 is 15.2 Å². The van der Waals surface area contributed by atoms with Crippen molar-refractivity contribution in [2.75, 3.05) is 20.0 Å². The van der Waals surface area contributed by atoms with Crippen LogP contribution in [0.25, 0.3) is 22.3 Å². The number of nitrogens with two attached hydrogens (primary N) is 1. The van der Waals surface area contributed by atoms with Crippen molar-refractivity contribution in [3.05, 3.63) is 99.5 Å². The molecule has 0 radical (unpaired) electrons. The van der Waals surface area contributed by atoms with Gasteiger partial charge in [-0.15, -0.1) is 0 Å². The average Bonchev–Trinajstić information content (AvgIpc) is 2.96. The molecule has 0 aliphatic rings. The third-order valence-corrected chi connectivity index (χ3v) is 7.36. The lowest BCUT2D eigenvalue weighted by Gasteiger charge is -2.16. The average molecular weight is 641 g/mol. The fourth-order valence-electron chi connectivity index (χ4n) is 4.28. The van der Waals surface area contributed by atoms with Gasteiger partial charge in [-0.1, -0.05) is 27.7 Å². The van der Waals surface area contributed by atoms with E-state index in [4.69, 9.17) is 15.2 Å². The Balaban J connectivity index is 0.000000230. The number of hydrogen-bond acceptors (Lipinski definition) is 7. The Morgan fingerprint density at radius 3 is 1.60 bits per heavy atom. The summed E-state index contributed by atoms with van der Waals surface area (Å²) < 4.78 is 37.1. The zero-order valence-corrected chi connectivity index (χ0v) is 25.8. The Labute approximate surface area is 252 Å². The molecule has 0 spiro atoms. The number of carbonyl (C=O) groups is 2. The number of nitrogen functional groups attached to an aromatic ring is 1. The molecule has 0 amide bonds. The van der Waals surface area contributed by atoms with Crippen LogP contribution in [-0.4, -0.2) is 36.1 Å². The second-order valence-electron chi connectivity index (χ2n) is 9.98. The van der Waals surface area contributed by atoms with Crippen LogP contribution in [0.1, 0.15) is 71.4 Å². The van der Waals surface area contributed by atoms with Crippen molar-refractivity contribution in [2.24, 2.45) is 0 Å². The lowest BCUT2D eigenvalue weighted by molar-refractivity contribution is 0.0592. The zero-order valence-electron chi connectivity index (χ0n) is 24.2. The molecule has 4 aromatic rings. The van der Waals surface area contributed by atoms with Gasteiger partial charge in [-0.25, -0.2) is 19.6 Å². The van der Waals surface area contributed by atoms with Gasteiger partial charge >= 0.3 is 11.9 Å². The van der Waals surface area contributed by atoms with Gasteiger partial charge in [-0.2, -0.15) is 8.78 Å². The molecule has 4 rings (SSSR count). The second-order valence-corrected chi connectivity index (χ2v) is 10.8. The van der Waals surface area contributed by atoms with Gasteiger partial charge in [-0.05, 0) is 92.0 Å². The van der Waals surface area contributed by atoms with E-state index < -0.39 is 23.8 Å². The summed E-state index contributed by atoms with van der Waals surface area (Å²) in [5, 5.41) is 0. The molecule has 2 N–H and O–H groups in total. The Bertz CT molecular complexity index is 1490. The molecule has 0 aliphatic carbocycles. The quantitative estimate of drug-likeness (QED) is 0.130. The predicted molar refractivity (Wildman–Crippen MR) is 162 cm³/mol. The lowest BCUT2D eigenvalue weighted by Crippen LogP contribution is -2.07. The van der Waals surface area contributed by atoms with Crippen molar-refractivity contribution in [1.29, 1.82) is 0 Å². The van der Waals surface area contributed by atoms with Gasteiger partial charge in [0, 0.05) is 40.2 Å². The van der Waals surface area contributed by atoms with Crippen molar-refractivity contribution in [1.82, 2.24) is 9.97 Å². The lowest BCUT2D eigenvalue weighted by atomic mass is 9.92. The topological polar surface area (TPSA) is 104 Å². The number of benzene rings is 2. The maximum absolute atomic E-state index is 13.4. The fourth-order valence-corrected chi connectivity index (χ4v) is 5.20. The summed E-state index contributed by atoms with van der Waals surface area (Å²) in [5.74, 6) is -1.70. The van der Waals surface area contributed by atoms with E-state index in [1.807, 2.05) is 27.7 Å². The largest absolute Gasteiger partial charge is 0.465 e. The number of pyridine rings is 2. The van der Waals surface area contributed by atoms with Crippen molar-refractivity contribution in [3.63, 3.8) is 0 Å². The SMILES string of the molecule is COC(=O)c1cc(-c2ccnc(F)c2)c(Br)c(C(C)C)c1.COC(=O)c1cc(-c2ccnc(F)c2)c(N)c(C(C)C)c1. The molecule has 0 aliphatic heterocycles. The number of methoxy groups -OCH3 is 2. The summed E-state index contributed by atoms with van der Waals surface area (Å²) in [6.07, 6.45) is 2.76. The minimum Gasteiger partial charge on any atom is -0.465 e. The van der Waals surface area contributed by atoms with E-state index in [0.717, 1.165) is 21.2 Å². The Morgan fingerprint density at radius 2 is 1.17 bits per heavy atom. The van der Waals surface area contributed by atoms with E-state index in [1.165, 1.54) is 38.7 Å². The summed E-state index contributed by atoms with van der Waals surface area (Å²) in [5.41, 5.74) is 11.9. The van der Waals surface area contributed by atoms with E-state index in [1.54, 1.807) is 36.4 Å². The van der Waals surface area contributed by atoms with E-state index in [9.17, 15) is 18.4 Å². The second kappa shape index (κ2) is 14.1. The molecule has 7 nitrogen and oxygen atoms in total. The summed E-state index contributed by atoms with van der Waals surface area (Å²) in [4.78, 5) is 30.7. The van der Waals surface area contributed by atoms with Gasteiger partial charge in [0.05, 0.1) is 25.3 Å². The van der Waals surface area contributed by atoms with Gasteiger partial charge in [0.25, 0.3) is 0 Å². The molecule has 42 heavy (non-hydrogen) atoms. The predicted octanol–water partition coefficient (Wildman–Crippen LogP) is 7.94. The van der Waals surface area contributed by atoms with Crippen molar-refractivity contribution in [2.45, 2.75) is 39.5 Å². The molecule has 0 bridgehead atoms. The molecule has 0 fully saturated rings. The molecule has 10 heteroatoms. The van der Waals surface area contributed by atoms with Crippen LogP contribution >= 0.6 is 15.9 Å². The number of rotatable bonds is 6. The molecule has 2 aromatic heterocycles. The number of ether oxygens (including phenoxy) is 2. The molecule has 0 atom stereocenters. The first-order valence-corrected chi connectivity index (χ1v) is 13.8. The van der Waals surface area contributed by atoms with Crippen LogP contribution < -0.4 is 5.73 Å². The molecule has 220 valence electrons. The highest BCUT2D eigenvalue weighted by Crippen LogP contribution is 2.37. The van der Waals surface area contributed by atoms with Gasteiger partial charge in [0.1, 0.15) is 0 Å². The maximum Gasteiger partial charge on any atom is 0.337 e. The number of esters is 2. The first kappa shape index (κ1) is 32.3. The van der Waals surface area contributed by atoms with E-state index in [2.05, 4.69) is 25.9 Å². The van der Waals surface area contributed by atoms with Crippen molar-refractivity contribution >= 4 is 33.6 Å². The van der Waals surface area contributed by atoms with E-state index in [-0.39, 0.29) is 11.8 Å². The van der Waals surface area contributed by atoms with Crippen LogP contribution in [0.2, 0.25) is 0 Å². The summed E-state index contributed by atoms with van der Waals surface area (Å²) in [6.45, 7) is 8.00. The zero-order chi connectivity index (χ0) is 31.1. The highest BCUT2D eigenvalue weighted by atomic mass is 79.9. The molecule has 2 aromatic carbocycles. The monoisotopic (exact) mass is 639 g/mol. The first-order valence-electron chi connectivity index (χ1n) is 13.0. The van der Waals surface area contributed by atoms with E-state index >= 15 is 0 Å². The number of hydrogen-bond donors (Lipinski definition) is 1. The van der Waals surface area contributed by atoms with Crippen molar-refractivity contribution < 1.29 is 27.8 Å². The summed E-state index contributed by atoms with van der Waals surface area (Å²) in [7, 11) is 2.66. The van der Waals surface area contributed by atoms with Crippen LogP contribution in [0.5, 0.6) is 0 Å². The van der Waals surface area contributed by atoms with Gasteiger partial charge in [0.2, 0.25) is 11.9 Å².